The molecule has 1 heterocycles. The summed E-state index contributed by atoms with van der Waals surface area (Å²) in [4.78, 5) is 27.5. The minimum Gasteiger partial charge on any atom is -0.466 e. The molecule has 0 spiro atoms. The van der Waals surface area contributed by atoms with Gasteiger partial charge in [-0.1, -0.05) is 0 Å². The summed E-state index contributed by atoms with van der Waals surface area (Å²) in [5.41, 5.74) is -0.557. The van der Waals surface area contributed by atoms with Crippen LogP contribution in [0.4, 0.5) is 0 Å². The molecule has 1 rings (SSSR count). The Morgan fingerprint density at radius 3 is 2.61 bits per heavy atom. The van der Waals surface area contributed by atoms with Crippen LogP contribution in [0.3, 0.4) is 0 Å². The highest BCUT2D eigenvalue weighted by molar-refractivity contribution is 5.86. The van der Waals surface area contributed by atoms with Crippen molar-refractivity contribution in [1.82, 2.24) is 9.80 Å². The molecule has 1 saturated heterocycles. The van der Waals surface area contributed by atoms with E-state index in [1.807, 2.05) is 27.8 Å². The maximum absolute atomic E-state index is 12.1. The third kappa shape index (κ3) is 3.02. The van der Waals surface area contributed by atoms with Crippen LogP contribution < -0.4 is 0 Å². The summed E-state index contributed by atoms with van der Waals surface area (Å²) < 4.78 is 4.96. The summed E-state index contributed by atoms with van der Waals surface area (Å²) in [6, 6.07) is 0.0108. The standard InChI is InChI=1S/C13H24N2O3/c1-6-18-11(16)9-10(2)15-8-7-14(5)12(17)13(15,3)4/h10H,6-9H2,1-5H3. The molecule has 5 heteroatoms. The maximum atomic E-state index is 12.1. The number of ether oxygens (including phenoxy) is 1. The largest absolute Gasteiger partial charge is 0.466 e. The molecule has 0 aromatic rings. The van der Waals surface area contributed by atoms with E-state index in [2.05, 4.69) is 4.90 Å². The number of rotatable bonds is 4. The number of amides is 1. The highest BCUT2D eigenvalue weighted by Crippen LogP contribution is 2.25. The lowest BCUT2D eigenvalue weighted by molar-refractivity contribution is -0.153. The number of esters is 1. The van der Waals surface area contributed by atoms with Crippen molar-refractivity contribution < 1.29 is 14.3 Å². The van der Waals surface area contributed by atoms with Crippen molar-refractivity contribution in [3.05, 3.63) is 0 Å². The zero-order valence-corrected chi connectivity index (χ0v) is 12.0. The highest BCUT2D eigenvalue weighted by Gasteiger charge is 2.42. The third-order valence-corrected chi connectivity index (χ3v) is 3.56. The molecule has 0 aromatic carbocycles. The molecule has 1 aliphatic rings. The SMILES string of the molecule is CCOC(=O)CC(C)N1CCN(C)C(=O)C1(C)C. The van der Waals surface area contributed by atoms with E-state index in [9.17, 15) is 9.59 Å². The van der Waals surface area contributed by atoms with Gasteiger partial charge >= 0.3 is 5.97 Å². The maximum Gasteiger partial charge on any atom is 0.307 e. The van der Waals surface area contributed by atoms with Crippen LogP contribution in [0.1, 0.15) is 34.1 Å². The van der Waals surface area contributed by atoms with Gasteiger partial charge in [0.25, 0.3) is 0 Å². The zero-order chi connectivity index (χ0) is 13.9. The first-order valence-electron chi connectivity index (χ1n) is 6.48. The van der Waals surface area contributed by atoms with E-state index in [0.717, 1.165) is 6.54 Å². The quantitative estimate of drug-likeness (QED) is 0.701. The number of carbonyl (C=O) groups excluding carboxylic acids is 2. The van der Waals surface area contributed by atoms with Crippen LogP contribution in [0.5, 0.6) is 0 Å². The topological polar surface area (TPSA) is 49.9 Å². The number of piperazine rings is 1. The van der Waals surface area contributed by atoms with Gasteiger partial charge in [-0.3, -0.25) is 14.5 Å². The first kappa shape index (κ1) is 15.0. The Bertz CT molecular complexity index is 328. The molecule has 0 saturated carbocycles. The molecule has 18 heavy (non-hydrogen) atoms. The first-order valence-corrected chi connectivity index (χ1v) is 6.48. The van der Waals surface area contributed by atoms with E-state index in [1.54, 1.807) is 11.8 Å². The number of hydrogen-bond acceptors (Lipinski definition) is 4. The summed E-state index contributed by atoms with van der Waals surface area (Å²) in [5.74, 6) is -0.100. The Labute approximate surface area is 109 Å². The summed E-state index contributed by atoms with van der Waals surface area (Å²) >= 11 is 0. The second kappa shape index (κ2) is 5.69. The molecular formula is C13H24N2O3. The molecule has 104 valence electrons. The second-order valence-electron chi connectivity index (χ2n) is 5.34. The van der Waals surface area contributed by atoms with Gasteiger partial charge in [-0.15, -0.1) is 0 Å². The van der Waals surface area contributed by atoms with E-state index in [0.29, 0.717) is 19.6 Å². The molecule has 0 aliphatic carbocycles. The van der Waals surface area contributed by atoms with Gasteiger partial charge in [-0.2, -0.15) is 0 Å². The molecule has 0 bridgehead atoms. The second-order valence-corrected chi connectivity index (χ2v) is 5.34. The van der Waals surface area contributed by atoms with Crippen LogP contribution in [0.15, 0.2) is 0 Å². The zero-order valence-electron chi connectivity index (χ0n) is 12.0. The van der Waals surface area contributed by atoms with Crippen molar-refractivity contribution in [2.45, 2.75) is 45.7 Å². The molecule has 1 fully saturated rings. The Hall–Kier alpha value is -1.10. The summed E-state index contributed by atoms with van der Waals surface area (Å²) in [5, 5.41) is 0. The van der Waals surface area contributed by atoms with Gasteiger partial charge in [0.05, 0.1) is 18.6 Å². The molecule has 1 atom stereocenters. The van der Waals surface area contributed by atoms with Gasteiger partial charge in [-0.05, 0) is 27.7 Å². The minimum atomic E-state index is -0.557. The van der Waals surface area contributed by atoms with Gasteiger partial charge in [0.15, 0.2) is 0 Å². The van der Waals surface area contributed by atoms with E-state index in [1.165, 1.54) is 0 Å². The lowest BCUT2D eigenvalue weighted by Gasteiger charge is -2.47. The van der Waals surface area contributed by atoms with Crippen LogP contribution >= 0.6 is 0 Å². The van der Waals surface area contributed by atoms with Gasteiger partial charge in [0.2, 0.25) is 5.91 Å². The number of likely N-dealkylation sites (N-methyl/N-ethyl adjacent to an activating group) is 1. The Morgan fingerprint density at radius 2 is 2.06 bits per heavy atom. The average molecular weight is 256 g/mol. The lowest BCUT2D eigenvalue weighted by Crippen LogP contribution is -2.64. The van der Waals surface area contributed by atoms with Crippen LogP contribution in [0, 0.1) is 0 Å². The predicted octanol–water partition coefficient (Wildman–Crippen LogP) is 0.881. The summed E-state index contributed by atoms with van der Waals surface area (Å²) in [6.45, 7) is 9.48. The van der Waals surface area contributed by atoms with Gasteiger partial charge in [0.1, 0.15) is 0 Å². The fourth-order valence-corrected chi connectivity index (χ4v) is 2.57. The lowest BCUT2D eigenvalue weighted by atomic mass is 9.95. The van der Waals surface area contributed by atoms with Gasteiger partial charge in [0, 0.05) is 26.2 Å². The minimum absolute atomic E-state index is 0.0108. The molecule has 1 aliphatic heterocycles. The fraction of sp³-hybridized carbons (Fsp3) is 0.846. The smallest absolute Gasteiger partial charge is 0.307 e. The molecular weight excluding hydrogens is 232 g/mol. The van der Waals surface area contributed by atoms with Crippen molar-refractivity contribution in [2.75, 3.05) is 26.7 Å². The molecule has 0 N–H and O–H groups in total. The Balaban J connectivity index is 2.70. The van der Waals surface area contributed by atoms with E-state index < -0.39 is 5.54 Å². The van der Waals surface area contributed by atoms with Crippen LogP contribution in [-0.4, -0.2) is 60.0 Å². The Morgan fingerprint density at radius 1 is 1.44 bits per heavy atom. The van der Waals surface area contributed by atoms with E-state index in [-0.39, 0.29) is 17.9 Å². The van der Waals surface area contributed by atoms with Crippen molar-refractivity contribution in [1.29, 1.82) is 0 Å². The van der Waals surface area contributed by atoms with Crippen LogP contribution in [0.25, 0.3) is 0 Å². The van der Waals surface area contributed by atoms with Crippen molar-refractivity contribution >= 4 is 11.9 Å². The average Bonchev–Trinajstić information content (AvgIpc) is 2.26. The van der Waals surface area contributed by atoms with Gasteiger partial charge < -0.3 is 9.64 Å². The van der Waals surface area contributed by atoms with Gasteiger partial charge in [-0.25, -0.2) is 0 Å². The van der Waals surface area contributed by atoms with E-state index >= 15 is 0 Å². The summed E-state index contributed by atoms with van der Waals surface area (Å²) in [7, 11) is 1.82. The molecule has 0 radical (unpaired) electrons. The number of carbonyl (C=O) groups is 2. The van der Waals surface area contributed by atoms with Crippen molar-refractivity contribution in [3.8, 4) is 0 Å². The predicted molar refractivity (Wildman–Crippen MR) is 69.1 cm³/mol. The third-order valence-electron chi connectivity index (χ3n) is 3.56. The Kier molecular flexibility index (Phi) is 4.73. The normalized spacial score (nSPS) is 21.8. The molecule has 5 nitrogen and oxygen atoms in total. The van der Waals surface area contributed by atoms with E-state index in [4.69, 9.17) is 4.74 Å². The van der Waals surface area contributed by atoms with Crippen LogP contribution in [0.2, 0.25) is 0 Å². The summed E-state index contributed by atoms with van der Waals surface area (Å²) in [6.07, 6.45) is 0.328. The molecule has 1 amide bonds. The fourth-order valence-electron chi connectivity index (χ4n) is 2.57. The van der Waals surface area contributed by atoms with Crippen molar-refractivity contribution in [3.63, 3.8) is 0 Å². The number of nitrogens with zero attached hydrogens (tertiary/aromatic N) is 2. The van der Waals surface area contributed by atoms with Crippen LogP contribution in [-0.2, 0) is 14.3 Å². The first-order chi connectivity index (χ1) is 8.30. The monoisotopic (exact) mass is 256 g/mol. The van der Waals surface area contributed by atoms with Crippen molar-refractivity contribution in [2.24, 2.45) is 0 Å². The number of hydrogen-bond donors (Lipinski definition) is 0. The highest BCUT2D eigenvalue weighted by atomic mass is 16.5. The molecule has 0 aromatic heterocycles. The molecule has 1 unspecified atom stereocenters.